The van der Waals surface area contributed by atoms with E-state index in [1.54, 1.807) is 0 Å². The average Bonchev–Trinajstić information content (AvgIpc) is 2.06. The van der Waals surface area contributed by atoms with Crippen LogP contribution in [0.1, 0.15) is 37.5 Å². The largest absolute Gasteiger partial charge is 0.0955 e. The summed E-state index contributed by atoms with van der Waals surface area (Å²) in [5.41, 5.74) is 5.00. The molecule has 13 heavy (non-hydrogen) atoms. The Morgan fingerprint density at radius 1 is 1.00 bits per heavy atom. The highest BCUT2D eigenvalue weighted by atomic mass is 14.0. The van der Waals surface area contributed by atoms with Crippen molar-refractivity contribution >= 4 is 5.57 Å². The smallest absolute Gasteiger partial charge is 0.0228 e. The van der Waals surface area contributed by atoms with Gasteiger partial charge in [0.1, 0.15) is 0 Å². The second-order valence-corrected chi connectivity index (χ2v) is 3.16. The van der Waals surface area contributed by atoms with Crippen LogP contribution in [0.3, 0.4) is 0 Å². The molecule has 0 nitrogen and oxygen atoms in total. The standard InChI is InChI=1S/C11H14.C2H6/c1-8(2)11-6-9(3)5-10(4)7-11;1-2/h5-7H,1H2,2-4H3;1-2H3. The summed E-state index contributed by atoms with van der Waals surface area (Å²) in [4.78, 5) is 0. The van der Waals surface area contributed by atoms with E-state index in [-0.39, 0.29) is 0 Å². The van der Waals surface area contributed by atoms with Gasteiger partial charge in [0.05, 0.1) is 0 Å². The molecule has 0 heterocycles. The number of rotatable bonds is 1. The van der Waals surface area contributed by atoms with Gasteiger partial charge in [-0.3, -0.25) is 0 Å². The lowest BCUT2D eigenvalue weighted by atomic mass is 10.0. The molecule has 0 aromatic heterocycles. The fraction of sp³-hybridized carbons (Fsp3) is 0.385. The van der Waals surface area contributed by atoms with E-state index in [9.17, 15) is 0 Å². The van der Waals surface area contributed by atoms with E-state index in [4.69, 9.17) is 0 Å². The summed E-state index contributed by atoms with van der Waals surface area (Å²) < 4.78 is 0. The van der Waals surface area contributed by atoms with Crippen LogP contribution in [0.25, 0.3) is 5.57 Å². The number of hydrogen-bond acceptors (Lipinski definition) is 0. The Morgan fingerprint density at radius 3 is 1.69 bits per heavy atom. The third-order valence-electron chi connectivity index (χ3n) is 1.71. The first-order valence-electron chi connectivity index (χ1n) is 4.84. The van der Waals surface area contributed by atoms with Crippen molar-refractivity contribution in [2.45, 2.75) is 34.6 Å². The van der Waals surface area contributed by atoms with E-state index < -0.39 is 0 Å². The van der Waals surface area contributed by atoms with Gasteiger partial charge in [0.15, 0.2) is 0 Å². The van der Waals surface area contributed by atoms with Gasteiger partial charge < -0.3 is 0 Å². The monoisotopic (exact) mass is 176 g/mol. The molecule has 0 saturated heterocycles. The molecule has 0 aliphatic rings. The van der Waals surface area contributed by atoms with Crippen molar-refractivity contribution in [1.82, 2.24) is 0 Å². The van der Waals surface area contributed by atoms with Gasteiger partial charge in [0, 0.05) is 0 Å². The molecular weight excluding hydrogens is 156 g/mol. The van der Waals surface area contributed by atoms with E-state index in [1.807, 2.05) is 20.8 Å². The molecule has 0 atom stereocenters. The average molecular weight is 176 g/mol. The van der Waals surface area contributed by atoms with Gasteiger partial charge >= 0.3 is 0 Å². The fourth-order valence-electron chi connectivity index (χ4n) is 1.22. The van der Waals surface area contributed by atoms with E-state index >= 15 is 0 Å². The Balaban J connectivity index is 0.000000671. The van der Waals surface area contributed by atoms with Crippen LogP contribution in [0, 0.1) is 13.8 Å². The zero-order valence-electron chi connectivity index (χ0n) is 9.44. The van der Waals surface area contributed by atoms with Crippen molar-refractivity contribution in [3.63, 3.8) is 0 Å². The van der Waals surface area contributed by atoms with Gasteiger partial charge in [-0.1, -0.05) is 55.3 Å². The fourth-order valence-corrected chi connectivity index (χ4v) is 1.22. The lowest BCUT2D eigenvalue weighted by Gasteiger charge is -2.02. The van der Waals surface area contributed by atoms with Crippen molar-refractivity contribution < 1.29 is 0 Å². The SMILES string of the molecule is C=C(C)c1cc(C)cc(C)c1.CC. The molecule has 0 bridgehead atoms. The Bertz CT molecular complexity index is 262. The molecular formula is C13H20. The molecule has 1 rings (SSSR count). The molecule has 0 aliphatic carbocycles. The first-order chi connectivity index (χ1) is 6.09. The van der Waals surface area contributed by atoms with Gasteiger partial charge in [0.25, 0.3) is 0 Å². The minimum absolute atomic E-state index is 1.14. The van der Waals surface area contributed by atoms with Crippen LogP contribution < -0.4 is 0 Å². The van der Waals surface area contributed by atoms with Crippen LogP contribution >= 0.6 is 0 Å². The van der Waals surface area contributed by atoms with E-state index in [1.165, 1.54) is 16.7 Å². The van der Waals surface area contributed by atoms with Gasteiger partial charge in [-0.25, -0.2) is 0 Å². The van der Waals surface area contributed by atoms with Crippen LogP contribution in [0.5, 0.6) is 0 Å². The third-order valence-corrected chi connectivity index (χ3v) is 1.71. The zero-order chi connectivity index (χ0) is 10.4. The summed E-state index contributed by atoms with van der Waals surface area (Å²) in [5.74, 6) is 0. The molecule has 0 heteroatoms. The summed E-state index contributed by atoms with van der Waals surface area (Å²) in [7, 11) is 0. The molecule has 0 unspecified atom stereocenters. The molecule has 0 radical (unpaired) electrons. The van der Waals surface area contributed by atoms with Crippen LogP contribution in [-0.2, 0) is 0 Å². The zero-order valence-corrected chi connectivity index (χ0v) is 9.44. The Hall–Kier alpha value is -1.04. The maximum absolute atomic E-state index is 3.91. The van der Waals surface area contributed by atoms with Crippen molar-refractivity contribution in [3.8, 4) is 0 Å². The van der Waals surface area contributed by atoms with Crippen LogP contribution in [0.15, 0.2) is 24.8 Å². The molecule has 0 spiro atoms. The normalized spacial score (nSPS) is 8.69. The Kier molecular flexibility index (Phi) is 5.13. The molecule has 0 N–H and O–H groups in total. The summed E-state index contributed by atoms with van der Waals surface area (Å²) in [6, 6.07) is 6.50. The Labute approximate surface area is 82.3 Å². The summed E-state index contributed by atoms with van der Waals surface area (Å²) in [6.07, 6.45) is 0. The van der Waals surface area contributed by atoms with Crippen molar-refractivity contribution in [2.75, 3.05) is 0 Å². The van der Waals surface area contributed by atoms with Gasteiger partial charge in [-0.05, 0) is 26.3 Å². The molecule has 0 amide bonds. The van der Waals surface area contributed by atoms with Gasteiger partial charge in [-0.2, -0.15) is 0 Å². The van der Waals surface area contributed by atoms with Crippen molar-refractivity contribution in [2.24, 2.45) is 0 Å². The number of hydrogen-bond donors (Lipinski definition) is 0. The molecule has 1 aromatic rings. The maximum Gasteiger partial charge on any atom is -0.0228 e. The lowest BCUT2D eigenvalue weighted by molar-refractivity contribution is 1.36. The predicted molar refractivity (Wildman–Crippen MR) is 62.0 cm³/mol. The number of aryl methyl sites for hydroxylation is 2. The van der Waals surface area contributed by atoms with Crippen LogP contribution in [-0.4, -0.2) is 0 Å². The van der Waals surface area contributed by atoms with Crippen LogP contribution in [0.4, 0.5) is 0 Å². The third kappa shape index (κ3) is 3.93. The highest BCUT2D eigenvalue weighted by Crippen LogP contribution is 2.15. The molecule has 0 fully saturated rings. The van der Waals surface area contributed by atoms with Crippen molar-refractivity contribution in [1.29, 1.82) is 0 Å². The lowest BCUT2D eigenvalue weighted by Crippen LogP contribution is -1.82. The predicted octanol–water partition coefficient (Wildman–Crippen LogP) is 4.36. The maximum atomic E-state index is 3.91. The van der Waals surface area contributed by atoms with E-state index in [0.717, 1.165) is 5.57 Å². The van der Waals surface area contributed by atoms with Gasteiger partial charge in [0.2, 0.25) is 0 Å². The second kappa shape index (κ2) is 5.58. The van der Waals surface area contributed by atoms with E-state index in [2.05, 4.69) is 38.6 Å². The quantitative estimate of drug-likeness (QED) is 0.596. The van der Waals surface area contributed by atoms with Crippen molar-refractivity contribution in [3.05, 3.63) is 41.5 Å². The highest BCUT2D eigenvalue weighted by Gasteiger charge is 1.94. The molecule has 72 valence electrons. The highest BCUT2D eigenvalue weighted by molar-refractivity contribution is 5.62. The topological polar surface area (TPSA) is 0 Å². The minimum Gasteiger partial charge on any atom is -0.0955 e. The second-order valence-electron chi connectivity index (χ2n) is 3.16. The summed E-state index contributed by atoms with van der Waals surface area (Å²) in [6.45, 7) is 14.2. The summed E-state index contributed by atoms with van der Waals surface area (Å²) >= 11 is 0. The van der Waals surface area contributed by atoms with Gasteiger partial charge in [-0.15, -0.1) is 0 Å². The number of benzene rings is 1. The van der Waals surface area contributed by atoms with Crippen LogP contribution in [0.2, 0.25) is 0 Å². The first kappa shape index (κ1) is 12.0. The summed E-state index contributed by atoms with van der Waals surface area (Å²) in [5, 5.41) is 0. The Morgan fingerprint density at radius 2 is 1.38 bits per heavy atom. The molecule has 1 aromatic carbocycles. The number of allylic oxidation sites excluding steroid dienone is 1. The minimum atomic E-state index is 1.14. The molecule has 0 saturated carbocycles. The first-order valence-corrected chi connectivity index (χ1v) is 4.84. The van der Waals surface area contributed by atoms with E-state index in [0.29, 0.717) is 0 Å². The molecule has 0 aliphatic heterocycles.